The van der Waals surface area contributed by atoms with E-state index in [1.807, 2.05) is 6.92 Å². The molecule has 0 aliphatic heterocycles. The molecule has 1 amide bonds. The molecule has 0 aromatic carbocycles. The number of carbonyl (C=O) groups excluding carboxylic acids is 1. The first-order valence-electron chi connectivity index (χ1n) is 5.23. The summed E-state index contributed by atoms with van der Waals surface area (Å²) in [4.78, 5) is 21.9. The van der Waals surface area contributed by atoms with Gasteiger partial charge in [0.15, 0.2) is 0 Å². The zero-order valence-corrected chi connectivity index (χ0v) is 9.32. The highest BCUT2D eigenvalue weighted by Crippen LogP contribution is 2.02. The van der Waals surface area contributed by atoms with Gasteiger partial charge in [0.1, 0.15) is 0 Å². The van der Waals surface area contributed by atoms with Crippen LogP contribution in [0.5, 0.6) is 0 Å². The van der Waals surface area contributed by atoms with Gasteiger partial charge in [-0.05, 0) is 12.8 Å². The summed E-state index contributed by atoms with van der Waals surface area (Å²) in [6.45, 7) is 4.24. The SMILES string of the molecule is CCC(CN)C(=O)NCCC(C)C(=O)O. The van der Waals surface area contributed by atoms with E-state index < -0.39 is 11.9 Å². The van der Waals surface area contributed by atoms with Crippen molar-refractivity contribution in [2.24, 2.45) is 17.6 Å². The lowest BCUT2D eigenvalue weighted by molar-refractivity contribution is -0.141. The quantitative estimate of drug-likeness (QED) is 0.566. The molecule has 5 nitrogen and oxygen atoms in total. The first-order valence-corrected chi connectivity index (χ1v) is 5.23. The minimum absolute atomic E-state index is 0.0856. The molecule has 0 aliphatic rings. The van der Waals surface area contributed by atoms with Gasteiger partial charge in [0.25, 0.3) is 0 Å². The molecule has 0 saturated carbocycles. The second-order valence-electron chi connectivity index (χ2n) is 3.66. The monoisotopic (exact) mass is 216 g/mol. The topological polar surface area (TPSA) is 92.4 Å². The fourth-order valence-electron chi connectivity index (χ4n) is 1.14. The smallest absolute Gasteiger partial charge is 0.306 e. The zero-order chi connectivity index (χ0) is 11.8. The first kappa shape index (κ1) is 13.9. The maximum atomic E-state index is 11.4. The number of nitrogens with two attached hydrogens (primary N) is 1. The number of amides is 1. The third-order valence-electron chi connectivity index (χ3n) is 2.45. The van der Waals surface area contributed by atoms with Gasteiger partial charge in [-0.15, -0.1) is 0 Å². The molecule has 0 aromatic rings. The van der Waals surface area contributed by atoms with Crippen LogP contribution in [0.25, 0.3) is 0 Å². The lowest BCUT2D eigenvalue weighted by atomic mass is 10.1. The van der Waals surface area contributed by atoms with Gasteiger partial charge in [-0.25, -0.2) is 0 Å². The van der Waals surface area contributed by atoms with Crippen molar-refractivity contribution in [3.05, 3.63) is 0 Å². The maximum absolute atomic E-state index is 11.4. The van der Waals surface area contributed by atoms with E-state index in [1.54, 1.807) is 6.92 Å². The average molecular weight is 216 g/mol. The Bertz CT molecular complexity index is 215. The van der Waals surface area contributed by atoms with E-state index in [4.69, 9.17) is 10.8 Å². The lowest BCUT2D eigenvalue weighted by Gasteiger charge is -2.13. The summed E-state index contributed by atoms with van der Waals surface area (Å²) in [5, 5.41) is 11.3. The summed E-state index contributed by atoms with van der Waals surface area (Å²) in [6.07, 6.45) is 1.15. The highest BCUT2D eigenvalue weighted by molar-refractivity contribution is 5.78. The molecule has 0 spiro atoms. The highest BCUT2D eigenvalue weighted by atomic mass is 16.4. The number of carboxylic acids is 1. The fourth-order valence-corrected chi connectivity index (χ4v) is 1.14. The predicted octanol–water partition coefficient (Wildman–Crippen LogP) is 0.198. The standard InChI is InChI=1S/C10H20N2O3/c1-3-8(6-11)9(13)12-5-4-7(2)10(14)15/h7-8H,3-6,11H2,1-2H3,(H,12,13)(H,14,15). The summed E-state index contributed by atoms with van der Waals surface area (Å²) in [6, 6.07) is 0. The summed E-state index contributed by atoms with van der Waals surface area (Å²) in [5.41, 5.74) is 5.41. The van der Waals surface area contributed by atoms with Crippen molar-refractivity contribution in [1.29, 1.82) is 0 Å². The number of hydrogen-bond acceptors (Lipinski definition) is 3. The third-order valence-corrected chi connectivity index (χ3v) is 2.45. The van der Waals surface area contributed by atoms with Crippen molar-refractivity contribution in [2.75, 3.05) is 13.1 Å². The minimum atomic E-state index is -0.838. The molecule has 88 valence electrons. The van der Waals surface area contributed by atoms with Crippen LogP contribution in [0.15, 0.2) is 0 Å². The van der Waals surface area contributed by atoms with Crippen molar-refractivity contribution in [3.8, 4) is 0 Å². The van der Waals surface area contributed by atoms with E-state index in [9.17, 15) is 9.59 Å². The van der Waals surface area contributed by atoms with Crippen molar-refractivity contribution in [3.63, 3.8) is 0 Å². The van der Waals surface area contributed by atoms with E-state index in [2.05, 4.69) is 5.32 Å². The van der Waals surface area contributed by atoms with Crippen LogP contribution in [0.1, 0.15) is 26.7 Å². The van der Waals surface area contributed by atoms with E-state index in [-0.39, 0.29) is 11.8 Å². The Morgan fingerprint density at radius 2 is 2.07 bits per heavy atom. The zero-order valence-electron chi connectivity index (χ0n) is 9.32. The Hall–Kier alpha value is -1.10. The molecule has 0 saturated heterocycles. The molecule has 4 N–H and O–H groups in total. The van der Waals surface area contributed by atoms with Crippen molar-refractivity contribution in [2.45, 2.75) is 26.7 Å². The molecule has 0 aromatic heterocycles. The van der Waals surface area contributed by atoms with Crippen LogP contribution in [0.4, 0.5) is 0 Å². The third kappa shape index (κ3) is 5.37. The number of aliphatic carboxylic acids is 1. The van der Waals surface area contributed by atoms with Gasteiger partial charge in [0.05, 0.1) is 5.92 Å². The molecule has 5 heteroatoms. The van der Waals surface area contributed by atoms with Crippen molar-refractivity contribution >= 4 is 11.9 Å². The highest BCUT2D eigenvalue weighted by Gasteiger charge is 2.15. The molecule has 0 rings (SSSR count). The number of rotatable bonds is 7. The molecule has 2 unspecified atom stereocenters. The molecule has 0 radical (unpaired) electrons. The average Bonchev–Trinajstić information content (AvgIpc) is 2.19. The van der Waals surface area contributed by atoms with Gasteiger partial charge in [0, 0.05) is 19.0 Å². The molecule has 0 bridgehead atoms. The molecular weight excluding hydrogens is 196 g/mol. The summed E-state index contributed by atoms with van der Waals surface area (Å²) >= 11 is 0. The molecule has 0 fully saturated rings. The van der Waals surface area contributed by atoms with Crippen LogP contribution in [0.2, 0.25) is 0 Å². The Morgan fingerprint density at radius 3 is 2.47 bits per heavy atom. The Morgan fingerprint density at radius 1 is 1.47 bits per heavy atom. The summed E-state index contributed by atoms with van der Waals surface area (Å²) in [5.74, 6) is -1.51. The van der Waals surface area contributed by atoms with E-state index in [1.165, 1.54) is 0 Å². The summed E-state index contributed by atoms with van der Waals surface area (Å²) in [7, 11) is 0. The van der Waals surface area contributed by atoms with E-state index >= 15 is 0 Å². The van der Waals surface area contributed by atoms with Gasteiger partial charge >= 0.3 is 5.97 Å². The van der Waals surface area contributed by atoms with Crippen LogP contribution in [0, 0.1) is 11.8 Å². The molecule has 0 heterocycles. The van der Waals surface area contributed by atoms with Gasteiger partial charge < -0.3 is 16.2 Å². The van der Waals surface area contributed by atoms with Crippen molar-refractivity contribution in [1.82, 2.24) is 5.32 Å². The molecule has 15 heavy (non-hydrogen) atoms. The largest absolute Gasteiger partial charge is 0.481 e. The minimum Gasteiger partial charge on any atom is -0.481 e. The number of nitrogens with one attached hydrogen (secondary N) is 1. The molecule has 2 atom stereocenters. The van der Waals surface area contributed by atoms with Gasteiger partial charge in [-0.3, -0.25) is 9.59 Å². The second kappa shape index (κ2) is 7.23. The van der Waals surface area contributed by atoms with Crippen LogP contribution in [0.3, 0.4) is 0 Å². The van der Waals surface area contributed by atoms with Gasteiger partial charge in [-0.2, -0.15) is 0 Å². The molecular formula is C10H20N2O3. The van der Waals surface area contributed by atoms with Gasteiger partial charge in [0.2, 0.25) is 5.91 Å². The number of carbonyl (C=O) groups is 2. The lowest BCUT2D eigenvalue weighted by Crippen LogP contribution is -2.36. The summed E-state index contributed by atoms with van der Waals surface area (Å²) < 4.78 is 0. The van der Waals surface area contributed by atoms with E-state index in [0.717, 1.165) is 0 Å². The van der Waals surface area contributed by atoms with E-state index in [0.29, 0.717) is 25.9 Å². The van der Waals surface area contributed by atoms with Gasteiger partial charge in [-0.1, -0.05) is 13.8 Å². The predicted molar refractivity (Wildman–Crippen MR) is 57.3 cm³/mol. The Labute approximate surface area is 90.0 Å². The number of hydrogen-bond donors (Lipinski definition) is 3. The second-order valence-corrected chi connectivity index (χ2v) is 3.66. The molecule has 0 aliphatic carbocycles. The fraction of sp³-hybridized carbons (Fsp3) is 0.800. The van der Waals surface area contributed by atoms with Crippen LogP contribution in [-0.2, 0) is 9.59 Å². The Balaban J connectivity index is 3.76. The van der Waals surface area contributed by atoms with Crippen LogP contribution < -0.4 is 11.1 Å². The first-order chi connectivity index (χ1) is 7.02. The van der Waals surface area contributed by atoms with Crippen LogP contribution in [-0.4, -0.2) is 30.1 Å². The number of carboxylic acid groups (broad SMARTS) is 1. The van der Waals surface area contributed by atoms with Crippen molar-refractivity contribution < 1.29 is 14.7 Å². The normalized spacial score (nSPS) is 14.3. The Kier molecular flexibility index (Phi) is 6.70. The maximum Gasteiger partial charge on any atom is 0.306 e. The van der Waals surface area contributed by atoms with Crippen LogP contribution >= 0.6 is 0 Å².